The minimum Gasteiger partial charge on any atom is -0.321 e. The number of hydrogen-bond acceptors (Lipinski definition) is 2. The first-order valence-electron chi connectivity index (χ1n) is 6.91. The van der Waals surface area contributed by atoms with Crippen molar-refractivity contribution in [3.63, 3.8) is 0 Å². The third-order valence-electron chi connectivity index (χ3n) is 4.96. The maximum Gasteiger partial charge on any atom is 0.0564 e. The summed E-state index contributed by atoms with van der Waals surface area (Å²) >= 11 is 7.96. The number of halogens is 1. The highest BCUT2D eigenvalue weighted by Gasteiger charge is 2.39. The van der Waals surface area contributed by atoms with E-state index in [1.54, 1.807) is 11.3 Å². The second kappa shape index (κ2) is 5.15. The van der Waals surface area contributed by atoms with Crippen LogP contribution in [-0.2, 0) is 5.54 Å². The van der Waals surface area contributed by atoms with E-state index in [2.05, 4.69) is 20.8 Å². The monoisotopic (exact) mass is 285 g/mol. The molecule has 0 aromatic carbocycles. The predicted octanol–water partition coefficient (Wildman–Crippen LogP) is 5.18. The fourth-order valence-corrected chi connectivity index (χ4v) is 4.50. The van der Waals surface area contributed by atoms with E-state index in [-0.39, 0.29) is 5.54 Å². The van der Waals surface area contributed by atoms with Crippen molar-refractivity contribution in [3.8, 4) is 0 Å². The van der Waals surface area contributed by atoms with Gasteiger partial charge in [0, 0.05) is 4.88 Å². The molecule has 1 aliphatic carbocycles. The van der Waals surface area contributed by atoms with Gasteiger partial charge >= 0.3 is 0 Å². The Bertz CT molecular complexity index is 402. The Labute approximate surface area is 120 Å². The van der Waals surface area contributed by atoms with Gasteiger partial charge in [-0.2, -0.15) is 0 Å². The van der Waals surface area contributed by atoms with Gasteiger partial charge in [-0.15, -0.1) is 11.3 Å². The van der Waals surface area contributed by atoms with Crippen LogP contribution in [-0.4, -0.2) is 0 Å². The lowest BCUT2D eigenvalue weighted by Gasteiger charge is -2.43. The quantitative estimate of drug-likeness (QED) is 0.813. The van der Waals surface area contributed by atoms with Crippen molar-refractivity contribution in [1.82, 2.24) is 0 Å². The molecule has 2 N–H and O–H groups in total. The highest BCUT2D eigenvalue weighted by molar-refractivity contribution is 7.10. The molecule has 0 unspecified atom stereocenters. The zero-order valence-electron chi connectivity index (χ0n) is 11.6. The van der Waals surface area contributed by atoms with Crippen LogP contribution in [0.3, 0.4) is 0 Å². The van der Waals surface area contributed by atoms with Crippen molar-refractivity contribution in [2.24, 2.45) is 17.1 Å². The SMILES string of the molecule is CCC(C)(C)C1CCC(N)(c2sccc2Cl)CC1. The third-order valence-corrected chi connectivity index (χ3v) is 6.52. The molecule has 1 nitrogen and oxygen atoms in total. The largest absolute Gasteiger partial charge is 0.321 e. The second-order valence-corrected chi connectivity index (χ2v) is 7.69. The zero-order chi connectivity index (χ0) is 13.4. The van der Waals surface area contributed by atoms with Gasteiger partial charge in [0.1, 0.15) is 0 Å². The van der Waals surface area contributed by atoms with Crippen LogP contribution >= 0.6 is 22.9 Å². The molecule has 3 heteroatoms. The molecule has 0 aliphatic heterocycles. The van der Waals surface area contributed by atoms with Crippen molar-refractivity contribution < 1.29 is 0 Å². The van der Waals surface area contributed by atoms with Crippen LogP contribution in [0.15, 0.2) is 11.4 Å². The van der Waals surface area contributed by atoms with E-state index in [0.717, 1.165) is 23.8 Å². The maximum absolute atomic E-state index is 6.60. The molecule has 0 bridgehead atoms. The Hall–Kier alpha value is -0.0500. The third kappa shape index (κ3) is 2.61. The Morgan fingerprint density at radius 1 is 1.44 bits per heavy atom. The summed E-state index contributed by atoms with van der Waals surface area (Å²) in [7, 11) is 0. The molecule has 1 heterocycles. The van der Waals surface area contributed by atoms with Gasteiger partial charge in [-0.1, -0.05) is 38.8 Å². The number of thiophene rings is 1. The van der Waals surface area contributed by atoms with Crippen LogP contribution in [0.4, 0.5) is 0 Å². The summed E-state index contributed by atoms with van der Waals surface area (Å²) in [6.07, 6.45) is 5.84. The van der Waals surface area contributed by atoms with Crippen molar-refractivity contribution in [2.45, 2.75) is 58.4 Å². The molecule has 18 heavy (non-hydrogen) atoms. The van der Waals surface area contributed by atoms with Crippen LogP contribution in [0.2, 0.25) is 5.02 Å². The summed E-state index contributed by atoms with van der Waals surface area (Å²) in [6, 6.07) is 1.97. The minimum absolute atomic E-state index is 0.175. The van der Waals surface area contributed by atoms with Crippen molar-refractivity contribution in [2.75, 3.05) is 0 Å². The van der Waals surface area contributed by atoms with Gasteiger partial charge in [-0.3, -0.25) is 0 Å². The summed E-state index contributed by atoms with van der Waals surface area (Å²) in [6.45, 7) is 7.07. The lowest BCUT2D eigenvalue weighted by molar-refractivity contribution is 0.116. The van der Waals surface area contributed by atoms with Crippen LogP contribution in [0.1, 0.15) is 57.8 Å². The molecule has 1 aliphatic rings. The van der Waals surface area contributed by atoms with Crippen LogP contribution in [0, 0.1) is 11.3 Å². The van der Waals surface area contributed by atoms with Gasteiger partial charge in [0.15, 0.2) is 0 Å². The van der Waals surface area contributed by atoms with Crippen LogP contribution in [0.5, 0.6) is 0 Å². The minimum atomic E-state index is -0.175. The number of rotatable bonds is 3. The Kier molecular flexibility index (Phi) is 4.10. The first-order valence-corrected chi connectivity index (χ1v) is 8.17. The highest BCUT2D eigenvalue weighted by Crippen LogP contribution is 2.47. The normalized spacial score (nSPS) is 29.5. The van der Waals surface area contributed by atoms with E-state index in [1.807, 2.05) is 11.4 Å². The summed E-state index contributed by atoms with van der Waals surface area (Å²) in [4.78, 5) is 1.19. The average molecular weight is 286 g/mol. The fourth-order valence-electron chi connectivity index (χ4n) is 3.08. The summed E-state index contributed by atoms with van der Waals surface area (Å²) < 4.78 is 0. The van der Waals surface area contributed by atoms with Gasteiger partial charge in [-0.05, 0) is 48.5 Å². The molecule has 0 saturated heterocycles. The lowest BCUT2D eigenvalue weighted by Crippen LogP contribution is -2.42. The topological polar surface area (TPSA) is 26.0 Å². The summed E-state index contributed by atoms with van der Waals surface area (Å²) in [5.41, 5.74) is 6.87. The first kappa shape index (κ1) is 14.4. The highest BCUT2D eigenvalue weighted by atomic mass is 35.5. The fraction of sp³-hybridized carbons (Fsp3) is 0.733. The molecular weight excluding hydrogens is 262 g/mol. The van der Waals surface area contributed by atoms with Gasteiger partial charge in [0.2, 0.25) is 0 Å². The van der Waals surface area contributed by atoms with E-state index >= 15 is 0 Å². The molecule has 1 fully saturated rings. The van der Waals surface area contributed by atoms with Crippen LogP contribution in [0.25, 0.3) is 0 Å². The number of hydrogen-bond donors (Lipinski definition) is 1. The molecular formula is C15H24ClNS. The van der Waals surface area contributed by atoms with Gasteiger partial charge in [0.05, 0.1) is 10.6 Å². The van der Waals surface area contributed by atoms with E-state index in [0.29, 0.717) is 5.41 Å². The smallest absolute Gasteiger partial charge is 0.0564 e. The zero-order valence-corrected chi connectivity index (χ0v) is 13.2. The Balaban J connectivity index is 2.09. The standard InChI is InChI=1S/C15H24ClNS/c1-4-14(2,3)11-5-8-15(17,9-6-11)13-12(16)7-10-18-13/h7,10-11H,4-6,8-9,17H2,1-3H3. The lowest BCUT2D eigenvalue weighted by atomic mass is 9.65. The van der Waals surface area contributed by atoms with E-state index < -0.39 is 0 Å². The van der Waals surface area contributed by atoms with Gasteiger partial charge in [-0.25, -0.2) is 0 Å². The Morgan fingerprint density at radius 3 is 2.50 bits per heavy atom. The van der Waals surface area contributed by atoms with Crippen molar-refractivity contribution in [1.29, 1.82) is 0 Å². The molecule has 1 saturated carbocycles. The number of nitrogens with two attached hydrogens (primary N) is 1. The predicted molar refractivity (Wildman–Crippen MR) is 81.2 cm³/mol. The molecule has 0 radical (unpaired) electrons. The maximum atomic E-state index is 6.60. The Morgan fingerprint density at radius 2 is 2.06 bits per heavy atom. The van der Waals surface area contributed by atoms with Crippen molar-refractivity contribution >= 4 is 22.9 Å². The van der Waals surface area contributed by atoms with Crippen LogP contribution < -0.4 is 5.73 Å². The summed E-state index contributed by atoms with van der Waals surface area (Å²) in [5.74, 6) is 0.804. The van der Waals surface area contributed by atoms with Crippen molar-refractivity contribution in [3.05, 3.63) is 21.3 Å². The molecule has 1 aromatic heterocycles. The van der Waals surface area contributed by atoms with E-state index in [1.165, 1.54) is 24.1 Å². The second-order valence-electron chi connectivity index (χ2n) is 6.37. The average Bonchev–Trinajstić information content (AvgIpc) is 2.77. The molecule has 0 atom stereocenters. The molecule has 1 aromatic rings. The molecule has 102 valence electrons. The van der Waals surface area contributed by atoms with Gasteiger partial charge in [0.25, 0.3) is 0 Å². The van der Waals surface area contributed by atoms with E-state index in [9.17, 15) is 0 Å². The van der Waals surface area contributed by atoms with Gasteiger partial charge < -0.3 is 5.73 Å². The first-order chi connectivity index (χ1) is 8.39. The molecule has 0 spiro atoms. The molecule has 0 amide bonds. The molecule has 2 rings (SSSR count). The van der Waals surface area contributed by atoms with E-state index in [4.69, 9.17) is 17.3 Å². The summed E-state index contributed by atoms with van der Waals surface area (Å²) in [5, 5.41) is 2.91.